The molecule has 0 heterocycles. The molecule has 1 aliphatic carbocycles. The van der Waals surface area contributed by atoms with Crippen LogP contribution in [0.25, 0.3) is 37.3 Å². The monoisotopic (exact) mass is 1100 g/mol. The average Bonchev–Trinajstić information content (AvgIpc) is 3.46. The van der Waals surface area contributed by atoms with Gasteiger partial charge in [-0.2, -0.15) is 6.82 Å². The molecule has 0 N–H and O–H groups in total. The Morgan fingerprint density at radius 2 is 0.500 bits per heavy atom. The molecule has 1 saturated carbocycles. The fourth-order valence-electron chi connectivity index (χ4n) is 9.49. The summed E-state index contributed by atoms with van der Waals surface area (Å²) in [6.07, 6.45) is -5.99. The van der Waals surface area contributed by atoms with Gasteiger partial charge in [0.25, 0.3) is 0 Å². The Morgan fingerprint density at radius 1 is 0.319 bits per heavy atom. The van der Waals surface area contributed by atoms with E-state index in [-0.39, 0.29) is 34.7 Å². The van der Waals surface area contributed by atoms with Gasteiger partial charge in [0.15, 0.2) is 87.3 Å². The molecular weight excluding hydrogens is 1060 g/mol. The van der Waals surface area contributed by atoms with Gasteiger partial charge in [-0.25, -0.2) is 92.2 Å². The second-order valence-electron chi connectivity index (χ2n) is 18.1. The van der Waals surface area contributed by atoms with Crippen molar-refractivity contribution in [3.8, 4) is 0 Å². The van der Waals surface area contributed by atoms with Gasteiger partial charge in [-0.05, 0) is 29.2 Å². The number of hydrogen-bond acceptors (Lipinski definition) is 0. The Hall–Kier alpha value is -4.41. The summed E-state index contributed by atoms with van der Waals surface area (Å²) in [7, 11) is -1.69. The minimum atomic E-state index is -5.99. The average molecular weight is 1100 g/mol. The zero-order chi connectivity index (χ0) is 53.4. The van der Waals surface area contributed by atoms with E-state index in [4.69, 9.17) is 4.98 Å². The van der Waals surface area contributed by atoms with Crippen molar-refractivity contribution in [3.63, 3.8) is 0 Å². The molecule has 0 amide bonds. The smallest absolute Gasteiger partial charge is 0.659 e. The second-order valence-corrected chi connectivity index (χ2v) is 21.9. The topological polar surface area (TPSA) is 14.1 Å². The van der Waals surface area contributed by atoms with Crippen LogP contribution in [0, 0.1) is 159 Å². The summed E-state index contributed by atoms with van der Waals surface area (Å²) in [5.41, 5.74) is -7.13. The van der Waals surface area contributed by atoms with Crippen LogP contribution >= 0.6 is 0 Å². The molecule has 6 aromatic rings. The minimum absolute atomic E-state index is 0. The molecule has 383 valence electrons. The van der Waals surface area contributed by atoms with Crippen LogP contribution in [-0.2, 0) is 21.7 Å². The van der Waals surface area contributed by atoms with E-state index in [1.807, 2.05) is 0 Å². The molecule has 0 aromatic heterocycles. The van der Waals surface area contributed by atoms with Gasteiger partial charge in [0, 0.05) is 0 Å². The number of fused-ring (bicyclic) bond motifs is 3. The molecule has 1 nitrogen and oxygen atoms in total. The molecular formula is C47H33BF21NSiTi+. The summed E-state index contributed by atoms with van der Waals surface area (Å²) in [4.78, 5) is 5.13. The van der Waals surface area contributed by atoms with Gasteiger partial charge < -0.3 is 12.4 Å². The first-order valence-electron chi connectivity index (χ1n) is 20.1. The first-order chi connectivity index (χ1) is 32.0. The third kappa shape index (κ3) is 8.68. The largest absolute Gasteiger partial charge is 4.00 e. The Balaban J connectivity index is 0.000000504. The maximum absolute atomic E-state index is 16.4. The van der Waals surface area contributed by atoms with Gasteiger partial charge in [0.1, 0.15) is 41.0 Å². The Kier molecular flexibility index (Phi) is 16.7. The van der Waals surface area contributed by atoms with E-state index < -0.39 is 192 Å². The Labute approximate surface area is 413 Å². The SMILES string of the molecule is C[B-](c1c(F)c(F)c2c(F)c(F)c(F)c(F)c2c1F)(c1c(F)c(F)c2c(F)c(F)c(F)c(F)c2c1F)c1c(F)c(F)c2c(F)c(F)c(F)c(F)c2c1F.C[C]1[C](C)[C](C)[C]([Si](C)(C)[N-]C(C)(C)C)[C]1C.[CH3-].[Ti+4]. The van der Waals surface area contributed by atoms with Crippen molar-refractivity contribution < 1.29 is 114 Å². The summed E-state index contributed by atoms with van der Waals surface area (Å²) in [6.45, 7) is 19.9. The normalized spacial score (nSPS) is 14.7. The van der Waals surface area contributed by atoms with Gasteiger partial charge in [-0.3, -0.25) is 0 Å². The van der Waals surface area contributed by atoms with E-state index in [1.54, 1.807) is 5.54 Å². The molecule has 6 aromatic carbocycles. The van der Waals surface area contributed by atoms with Crippen LogP contribution in [0.15, 0.2) is 0 Å². The molecule has 1 fully saturated rings. The van der Waals surface area contributed by atoms with E-state index in [9.17, 15) is 52.7 Å². The predicted octanol–water partition coefficient (Wildman–Crippen LogP) is 14.5. The van der Waals surface area contributed by atoms with Crippen molar-refractivity contribution >= 4 is 63.1 Å². The van der Waals surface area contributed by atoms with E-state index in [2.05, 4.69) is 61.6 Å². The minimum Gasteiger partial charge on any atom is -0.659 e. The number of hydrogen-bond donors (Lipinski definition) is 0. The first kappa shape index (κ1) is 60.1. The zero-order valence-corrected chi connectivity index (χ0v) is 41.5. The maximum atomic E-state index is 16.4. The maximum Gasteiger partial charge on any atom is 4.00 e. The number of rotatable bonds is 5. The molecule has 0 aliphatic heterocycles. The molecule has 25 heteroatoms. The molecule has 0 saturated heterocycles. The number of nitrogens with zero attached hydrogens (tertiary/aromatic N) is 1. The van der Waals surface area contributed by atoms with Crippen LogP contribution in [0.3, 0.4) is 0 Å². The quantitative estimate of drug-likeness (QED) is 0.0537. The van der Waals surface area contributed by atoms with E-state index in [1.165, 1.54) is 23.7 Å². The van der Waals surface area contributed by atoms with Crippen LogP contribution < -0.4 is 16.4 Å². The van der Waals surface area contributed by atoms with Gasteiger partial charge >= 0.3 is 21.7 Å². The molecule has 7 rings (SSSR count). The van der Waals surface area contributed by atoms with Crippen LogP contribution in [0.2, 0.25) is 19.9 Å². The second kappa shape index (κ2) is 20.0. The van der Waals surface area contributed by atoms with Crippen molar-refractivity contribution in [1.29, 1.82) is 0 Å². The summed E-state index contributed by atoms with van der Waals surface area (Å²) in [5, 5.41) is -15.5. The fourth-order valence-corrected chi connectivity index (χ4v) is 13.5. The van der Waals surface area contributed by atoms with Crippen LogP contribution in [0.5, 0.6) is 0 Å². The molecule has 5 radical (unpaired) electrons. The predicted molar refractivity (Wildman–Crippen MR) is 227 cm³/mol. The van der Waals surface area contributed by atoms with E-state index >= 15 is 39.5 Å². The van der Waals surface area contributed by atoms with Crippen molar-refractivity contribution in [2.24, 2.45) is 0 Å². The standard InChI is InChI=1S/C31H3BF21.C15H27NSi.CH3.Ti/c1-32(8-11(33)2-5(14(36)23(8)45)20(42)29(51)26(48)17(2)39,9-12(34)3-6(15(37)24(9)46)21(43)30(52)27(49)18(3)40)10-13(35)4-7(16(38)25(10)47)22(44)31(53)28(50)19(4)41;1-10-11(2)13(4)14(12(10)3)17(8,9)16-15(5,6)7;;/h1H3;1-9H3;1H3;/q3*-1;+4. The van der Waals surface area contributed by atoms with Crippen molar-refractivity contribution in [3.05, 3.63) is 164 Å². The van der Waals surface area contributed by atoms with Crippen molar-refractivity contribution in [1.82, 2.24) is 0 Å². The molecule has 0 unspecified atom stereocenters. The van der Waals surface area contributed by atoms with Crippen molar-refractivity contribution in [2.45, 2.75) is 73.9 Å². The Morgan fingerprint density at radius 3 is 0.694 bits per heavy atom. The van der Waals surface area contributed by atoms with E-state index in [0.717, 1.165) is 0 Å². The van der Waals surface area contributed by atoms with Gasteiger partial charge in [-0.15, -0.1) is 21.9 Å². The molecule has 72 heavy (non-hydrogen) atoms. The van der Waals surface area contributed by atoms with Gasteiger partial charge in [0.05, 0.1) is 32.3 Å². The summed E-state index contributed by atoms with van der Waals surface area (Å²) < 4.78 is 317. The first-order valence-corrected chi connectivity index (χ1v) is 23.1. The summed E-state index contributed by atoms with van der Waals surface area (Å²) in [6, 6.07) is 0. The number of halogens is 21. The molecule has 0 atom stereocenters. The zero-order valence-electron chi connectivity index (χ0n) is 39.0. The summed E-state index contributed by atoms with van der Waals surface area (Å²) >= 11 is 0. The third-order valence-electron chi connectivity index (χ3n) is 12.5. The Bertz CT molecular complexity index is 2930. The fraction of sp³-hybridized carbons (Fsp3) is 0.234. The van der Waals surface area contributed by atoms with Crippen molar-refractivity contribution in [2.75, 3.05) is 0 Å². The van der Waals surface area contributed by atoms with Gasteiger partial charge in [-0.1, -0.05) is 69.8 Å². The van der Waals surface area contributed by atoms with Crippen LogP contribution in [-0.4, -0.2) is 19.9 Å². The third-order valence-corrected chi connectivity index (χ3v) is 15.7. The van der Waals surface area contributed by atoms with Gasteiger partial charge in [0.2, 0.25) is 0 Å². The van der Waals surface area contributed by atoms with Crippen LogP contribution in [0.4, 0.5) is 92.2 Å². The van der Waals surface area contributed by atoms with Crippen LogP contribution in [0.1, 0.15) is 48.5 Å². The molecule has 0 spiro atoms. The molecule has 0 bridgehead atoms. The van der Waals surface area contributed by atoms with E-state index in [0.29, 0.717) is 0 Å². The molecule has 1 aliphatic rings. The summed E-state index contributed by atoms with van der Waals surface area (Å²) in [5.74, 6) is -59.2. The number of benzene rings is 6.